The highest BCUT2D eigenvalue weighted by Crippen LogP contribution is 2.32. The molecular formula is C27H29O4S+. The van der Waals surface area contributed by atoms with Crippen LogP contribution in [0.4, 0.5) is 0 Å². The van der Waals surface area contributed by atoms with E-state index in [2.05, 4.69) is 24.3 Å². The van der Waals surface area contributed by atoms with Gasteiger partial charge >= 0.3 is 11.9 Å². The van der Waals surface area contributed by atoms with Crippen LogP contribution in [0.3, 0.4) is 0 Å². The van der Waals surface area contributed by atoms with Crippen LogP contribution in [0.25, 0.3) is 0 Å². The van der Waals surface area contributed by atoms with Crippen molar-refractivity contribution in [2.45, 2.75) is 48.3 Å². The maximum absolute atomic E-state index is 12.2. The van der Waals surface area contributed by atoms with Crippen molar-refractivity contribution >= 4 is 22.8 Å². The summed E-state index contributed by atoms with van der Waals surface area (Å²) in [6.45, 7) is 5.60. The van der Waals surface area contributed by atoms with E-state index in [1.165, 1.54) is 9.79 Å². The lowest BCUT2D eigenvalue weighted by molar-refractivity contribution is -0.155. The highest BCUT2D eigenvalue weighted by Gasteiger charge is 2.29. The van der Waals surface area contributed by atoms with E-state index in [-0.39, 0.29) is 29.9 Å². The van der Waals surface area contributed by atoms with Gasteiger partial charge in [0.2, 0.25) is 0 Å². The molecule has 0 saturated carbocycles. The fourth-order valence-corrected chi connectivity index (χ4v) is 5.00. The van der Waals surface area contributed by atoms with E-state index in [9.17, 15) is 9.59 Å². The smallest absolute Gasteiger partial charge is 0.314 e. The quantitative estimate of drug-likeness (QED) is 0.226. The topological polar surface area (TPSA) is 52.6 Å². The fourth-order valence-electron chi connectivity index (χ4n) is 2.91. The number of rotatable bonds is 9. The summed E-state index contributed by atoms with van der Waals surface area (Å²) in [4.78, 5) is 27.7. The molecule has 0 radical (unpaired) electrons. The van der Waals surface area contributed by atoms with Crippen LogP contribution in [0, 0.1) is 5.41 Å². The van der Waals surface area contributed by atoms with Gasteiger partial charge in [-0.05, 0) is 68.8 Å². The Balaban J connectivity index is 1.64. The zero-order chi connectivity index (χ0) is 23.0. The lowest BCUT2D eigenvalue weighted by Crippen LogP contribution is -2.26. The van der Waals surface area contributed by atoms with Gasteiger partial charge in [0.05, 0.1) is 22.7 Å². The molecule has 166 valence electrons. The zero-order valence-electron chi connectivity index (χ0n) is 18.7. The minimum absolute atomic E-state index is 0.0185. The van der Waals surface area contributed by atoms with Gasteiger partial charge < -0.3 is 9.47 Å². The second-order valence-electron chi connectivity index (χ2n) is 8.00. The van der Waals surface area contributed by atoms with Gasteiger partial charge in [-0.2, -0.15) is 0 Å². The van der Waals surface area contributed by atoms with E-state index in [0.29, 0.717) is 12.2 Å². The molecule has 32 heavy (non-hydrogen) atoms. The number of carbonyl (C=O) groups excluding carboxylic acids is 2. The van der Waals surface area contributed by atoms with E-state index in [1.54, 1.807) is 0 Å². The first-order chi connectivity index (χ1) is 15.4. The summed E-state index contributed by atoms with van der Waals surface area (Å²) in [7, 11) is -0.253. The van der Waals surface area contributed by atoms with Crippen molar-refractivity contribution in [2.75, 3.05) is 6.61 Å². The number of hydrogen-bond acceptors (Lipinski definition) is 4. The van der Waals surface area contributed by atoms with Gasteiger partial charge in [0.1, 0.15) is 12.4 Å². The van der Waals surface area contributed by atoms with Crippen LogP contribution in [0.2, 0.25) is 0 Å². The van der Waals surface area contributed by atoms with Crippen molar-refractivity contribution in [3.8, 4) is 5.75 Å². The fraction of sp³-hybridized carbons (Fsp3) is 0.259. The van der Waals surface area contributed by atoms with Crippen LogP contribution in [0.15, 0.2) is 99.6 Å². The van der Waals surface area contributed by atoms with Gasteiger partial charge in [-0.15, -0.1) is 0 Å². The Kier molecular flexibility index (Phi) is 8.12. The molecular weight excluding hydrogens is 420 g/mol. The summed E-state index contributed by atoms with van der Waals surface area (Å²) in [5.74, 6) is -0.250. The Hall–Kier alpha value is -3.05. The maximum Gasteiger partial charge on any atom is 0.314 e. The molecule has 0 bridgehead atoms. The second-order valence-corrected chi connectivity index (χ2v) is 10.0. The Labute approximate surface area is 192 Å². The van der Waals surface area contributed by atoms with Gasteiger partial charge in [-0.1, -0.05) is 43.3 Å². The van der Waals surface area contributed by atoms with Crippen LogP contribution in [0.5, 0.6) is 5.75 Å². The summed E-state index contributed by atoms with van der Waals surface area (Å²) in [5, 5.41) is 0. The van der Waals surface area contributed by atoms with Gasteiger partial charge in [-0.25, -0.2) is 0 Å². The summed E-state index contributed by atoms with van der Waals surface area (Å²) >= 11 is 0. The molecule has 0 aliphatic carbocycles. The van der Waals surface area contributed by atoms with Crippen molar-refractivity contribution in [3.63, 3.8) is 0 Å². The summed E-state index contributed by atoms with van der Waals surface area (Å²) in [6.07, 6.45) is 0.696. The molecule has 0 spiro atoms. The van der Waals surface area contributed by atoms with E-state index in [1.807, 2.05) is 81.4 Å². The van der Waals surface area contributed by atoms with Crippen LogP contribution < -0.4 is 4.74 Å². The zero-order valence-corrected chi connectivity index (χ0v) is 19.6. The molecule has 3 rings (SSSR count). The van der Waals surface area contributed by atoms with Gasteiger partial charge in [0.15, 0.2) is 14.7 Å². The van der Waals surface area contributed by atoms with Crippen LogP contribution in [0.1, 0.15) is 33.6 Å². The monoisotopic (exact) mass is 449 g/mol. The molecule has 0 atom stereocenters. The summed E-state index contributed by atoms with van der Waals surface area (Å²) in [5.41, 5.74) is -0.547. The predicted molar refractivity (Wildman–Crippen MR) is 127 cm³/mol. The largest absolute Gasteiger partial charge is 0.465 e. The molecule has 0 fully saturated rings. The van der Waals surface area contributed by atoms with Crippen molar-refractivity contribution in [2.24, 2.45) is 5.41 Å². The highest BCUT2D eigenvalue weighted by atomic mass is 32.2. The molecule has 0 saturated heterocycles. The standard InChI is InChI=1S/C27H29O4S/c1-4-27(2,3)26(29)30-20-19-25(28)31-21-15-17-24(18-16-21)32(22-11-7-5-8-12-22)23-13-9-6-10-14-23/h5-18H,4,19-20H2,1-3H3/q+1. The van der Waals surface area contributed by atoms with E-state index < -0.39 is 11.4 Å². The predicted octanol–water partition coefficient (Wildman–Crippen LogP) is 6.06. The third kappa shape index (κ3) is 6.24. The summed E-state index contributed by atoms with van der Waals surface area (Å²) in [6, 6.07) is 28.3. The molecule has 0 aliphatic rings. The molecule has 0 aliphatic heterocycles. The Morgan fingerprint density at radius 2 is 1.28 bits per heavy atom. The highest BCUT2D eigenvalue weighted by molar-refractivity contribution is 7.97. The normalized spacial score (nSPS) is 11.2. The van der Waals surface area contributed by atoms with Gasteiger partial charge in [-0.3, -0.25) is 9.59 Å². The molecule has 3 aromatic rings. The van der Waals surface area contributed by atoms with Gasteiger partial charge in [0.25, 0.3) is 0 Å². The lowest BCUT2D eigenvalue weighted by Gasteiger charge is -2.20. The molecule has 5 heteroatoms. The Morgan fingerprint density at radius 1 is 0.781 bits per heavy atom. The number of esters is 2. The van der Waals surface area contributed by atoms with Crippen molar-refractivity contribution in [1.82, 2.24) is 0 Å². The van der Waals surface area contributed by atoms with Crippen LogP contribution in [-0.2, 0) is 25.2 Å². The van der Waals surface area contributed by atoms with Crippen LogP contribution in [-0.4, -0.2) is 18.5 Å². The van der Waals surface area contributed by atoms with E-state index in [4.69, 9.17) is 9.47 Å². The molecule has 3 aromatic carbocycles. The molecule has 0 aromatic heterocycles. The average Bonchev–Trinajstić information content (AvgIpc) is 2.81. The molecule has 0 unspecified atom stereocenters. The minimum atomic E-state index is -0.547. The number of hydrogen-bond donors (Lipinski definition) is 0. The third-order valence-electron chi connectivity index (χ3n) is 5.22. The first-order valence-corrected chi connectivity index (χ1v) is 12.0. The number of ether oxygens (including phenoxy) is 2. The Bertz CT molecular complexity index is 975. The van der Waals surface area contributed by atoms with Crippen molar-refractivity contribution < 1.29 is 19.1 Å². The van der Waals surface area contributed by atoms with Crippen molar-refractivity contribution in [1.29, 1.82) is 0 Å². The maximum atomic E-state index is 12.2. The average molecular weight is 450 g/mol. The minimum Gasteiger partial charge on any atom is -0.465 e. The molecule has 0 N–H and O–H groups in total. The first kappa shape index (κ1) is 23.6. The second kappa shape index (κ2) is 11.0. The third-order valence-corrected chi connectivity index (χ3v) is 7.46. The molecule has 0 amide bonds. The molecule has 0 heterocycles. The van der Waals surface area contributed by atoms with Crippen molar-refractivity contribution in [3.05, 3.63) is 84.9 Å². The van der Waals surface area contributed by atoms with Crippen LogP contribution >= 0.6 is 0 Å². The number of benzene rings is 3. The molecule has 4 nitrogen and oxygen atoms in total. The number of carbonyl (C=O) groups is 2. The van der Waals surface area contributed by atoms with E-state index in [0.717, 1.165) is 4.90 Å². The lowest BCUT2D eigenvalue weighted by atomic mass is 9.91. The SMILES string of the molecule is CCC(C)(C)C(=O)OCCC(=O)Oc1ccc([S+](c2ccccc2)c2ccccc2)cc1. The van der Waals surface area contributed by atoms with Gasteiger partial charge in [0, 0.05) is 0 Å². The first-order valence-electron chi connectivity index (χ1n) is 10.7. The summed E-state index contributed by atoms with van der Waals surface area (Å²) < 4.78 is 10.6. The van der Waals surface area contributed by atoms with E-state index >= 15 is 0 Å². The Morgan fingerprint density at radius 3 is 1.78 bits per heavy atom.